The number of methoxy groups -OCH3 is 3. The summed E-state index contributed by atoms with van der Waals surface area (Å²) in [5.74, 6) is 0.958. The Morgan fingerprint density at radius 3 is 2.26 bits per heavy atom. The summed E-state index contributed by atoms with van der Waals surface area (Å²) in [6.07, 6.45) is 1.36. The average Bonchev–Trinajstić information content (AvgIpc) is 3.42. The molecule has 11 nitrogen and oxygen atoms in total. The second-order valence-corrected chi connectivity index (χ2v) is 7.69. The Balaban J connectivity index is 1.76. The Morgan fingerprint density at radius 1 is 0.935 bits per heavy atom. The molecule has 1 N–H and O–H groups in total. The molecular formula is C19H17N3O8S. The highest BCUT2D eigenvalue weighted by atomic mass is 32.2. The summed E-state index contributed by atoms with van der Waals surface area (Å²) >= 11 is 0. The zero-order chi connectivity index (χ0) is 22.0. The van der Waals surface area contributed by atoms with Crippen LogP contribution in [0.15, 0.2) is 56.6 Å². The summed E-state index contributed by atoms with van der Waals surface area (Å²) in [4.78, 5) is -0.180. The van der Waals surface area contributed by atoms with Gasteiger partial charge in [-0.1, -0.05) is 11.2 Å². The molecule has 162 valence electrons. The largest absolute Gasteiger partial charge is 0.496 e. The number of sulfonamides is 1. The third kappa shape index (κ3) is 3.80. The lowest BCUT2D eigenvalue weighted by atomic mass is 10.2. The van der Waals surface area contributed by atoms with E-state index in [9.17, 15) is 8.42 Å². The minimum Gasteiger partial charge on any atom is -0.496 e. The molecule has 2 aromatic heterocycles. The second-order valence-electron chi connectivity index (χ2n) is 6.07. The van der Waals surface area contributed by atoms with E-state index in [2.05, 4.69) is 15.0 Å². The number of hydrogen-bond donors (Lipinski definition) is 1. The highest BCUT2D eigenvalue weighted by Crippen LogP contribution is 2.39. The second kappa shape index (κ2) is 8.07. The van der Waals surface area contributed by atoms with Crippen molar-refractivity contribution in [3.63, 3.8) is 0 Å². The van der Waals surface area contributed by atoms with Crippen molar-refractivity contribution in [2.45, 2.75) is 4.90 Å². The van der Waals surface area contributed by atoms with Crippen LogP contribution in [-0.4, -0.2) is 40.1 Å². The van der Waals surface area contributed by atoms with E-state index in [0.29, 0.717) is 11.1 Å². The van der Waals surface area contributed by atoms with Crippen molar-refractivity contribution in [3.05, 3.63) is 42.7 Å². The first kappa shape index (κ1) is 20.3. The Labute approximate surface area is 176 Å². The van der Waals surface area contributed by atoms with Gasteiger partial charge in [0.25, 0.3) is 15.9 Å². The summed E-state index contributed by atoms with van der Waals surface area (Å²) in [6.45, 7) is 0. The van der Waals surface area contributed by atoms with Gasteiger partial charge >= 0.3 is 0 Å². The lowest BCUT2D eigenvalue weighted by Gasteiger charge is -2.14. The molecule has 0 saturated carbocycles. The molecular weight excluding hydrogens is 430 g/mol. The number of rotatable bonds is 8. The molecule has 0 atom stereocenters. The molecule has 0 fully saturated rings. The fraction of sp³-hybridized carbons (Fsp3) is 0.158. The van der Waals surface area contributed by atoms with E-state index in [1.807, 2.05) is 0 Å². The molecule has 4 rings (SSSR count). The molecule has 0 aliphatic rings. The standard InChI is InChI=1S/C19H17N3O8S/c1-25-12-5-4-6-13(26-2)18(12)31(23,24)22-19-17-14(27-3)9-11(10-15(17)30-21-19)29-16-7-8-28-20-16/h4-10H,1-3H3,(H,21,22). The van der Waals surface area contributed by atoms with Gasteiger partial charge in [0.05, 0.1) is 21.3 Å². The lowest BCUT2D eigenvalue weighted by molar-refractivity contribution is 0.364. The van der Waals surface area contributed by atoms with Gasteiger partial charge in [-0.05, 0) is 17.3 Å². The van der Waals surface area contributed by atoms with Crippen molar-refractivity contribution in [2.75, 3.05) is 26.1 Å². The smallest absolute Gasteiger partial charge is 0.270 e. The Morgan fingerprint density at radius 2 is 1.65 bits per heavy atom. The fourth-order valence-electron chi connectivity index (χ4n) is 2.94. The molecule has 0 saturated heterocycles. The zero-order valence-electron chi connectivity index (χ0n) is 16.6. The van der Waals surface area contributed by atoms with Gasteiger partial charge in [0.2, 0.25) is 0 Å². The van der Waals surface area contributed by atoms with Gasteiger partial charge in [-0.2, -0.15) is 0 Å². The van der Waals surface area contributed by atoms with Gasteiger partial charge in [-0.25, -0.2) is 8.42 Å². The quantitative estimate of drug-likeness (QED) is 0.428. The van der Waals surface area contributed by atoms with Crippen LogP contribution in [0.4, 0.5) is 5.82 Å². The molecule has 31 heavy (non-hydrogen) atoms. The number of ether oxygens (including phenoxy) is 4. The first-order chi connectivity index (χ1) is 15.0. The van der Waals surface area contributed by atoms with E-state index in [1.54, 1.807) is 6.07 Å². The minimum absolute atomic E-state index is 0.0761. The minimum atomic E-state index is -4.17. The molecule has 2 aromatic carbocycles. The predicted molar refractivity (Wildman–Crippen MR) is 107 cm³/mol. The molecule has 0 bridgehead atoms. The van der Waals surface area contributed by atoms with Crippen LogP contribution in [0.25, 0.3) is 11.0 Å². The monoisotopic (exact) mass is 447 g/mol. The third-order valence-electron chi connectivity index (χ3n) is 4.25. The van der Waals surface area contributed by atoms with Gasteiger partial charge in [0.15, 0.2) is 16.3 Å². The number of nitrogens with zero attached hydrogens (tertiary/aromatic N) is 2. The van der Waals surface area contributed by atoms with E-state index in [-0.39, 0.29) is 39.4 Å². The van der Waals surface area contributed by atoms with Gasteiger partial charge < -0.3 is 28.0 Å². The normalized spacial score (nSPS) is 11.3. The molecule has 0 amide bonds. The number of nitrogens with one attached hydrogen (secondary N) is 1. The molecule has 0 aliphatic carbocycles. The van der Waals surface area contributed by atoms with E-state index >= 15 is 0 Å². The van der Waals surface area contributed by atoms with E-state index in [1.165, 1.54) is 57.9 Å². The zero-order valence-corrected chi connectivity index (χ0v) is 17.4. The maximum absolute atomic E-state index is 13.1. The van der Waals surface area contributed by atoms with Gasteiger partial charge in [0, 0.05) is 18.2 Å². The average molecular weight is 447 g/mol. The van der Waals surface area contributed by atoms with Crippen LogP contribution in [0.5, 0.6) is 28.9 Å². The van der Waals surface area contributed by atoms with E-state index in [4.69, 9.17) is 28.0 Å². The van der Waals surface area contributed by atoms with Crippen LogP contribution >= 0.6 is 0 Å². The SMILES string of the molecule is COc1cccc(OC)c1S(=O)(=O)Nc1noc2cc(Oc3ccon3)cc(OC)c12. The number of benzene rings is 2. The first-order valence-corrected chi connectivity index (χ1v) is 10.2. The first-order valence-electron chi connectivity index (χ1n) is 8.76. The van der Waals surface area contributed by atoms with Crippen LogP contribution < -0.4 is 23.7 Å². The summed E-state index contributed by atoms with van der Waals surface area (Å²) in [5.41, 5.74) is 0.225. The molecule has 0 spiro atoms. The van der Waals surface area contributed by atoms with Gasteiger partial charge in [0.1, 0.15) is 34.6 Å². The van der Waals surface area contributed by atoms with E-state index in [0.717, 1.165) is 0 Å². The maximum Gasteiger partial charge on any atom is 0.270 e. The Hall–Kier alpha value is -3.93. The molecule has 0 radical (unpaired) electrons. The number of aromatic nitrogens is 2. The summed E-state index contributed by atoms with van der Waals surface area (Å²) in [5, 5.41) is 7.81. The Kier molecular flexibility index (Phi) is 5.29. The van der Waals surface area contributed by atoms with Crippen molar-refractivity contribution >= 4 is 26.8 Å². The Bertz CT molecular complexity index is 1290. The molecule has 0 aliphatic heterocycles. The fourth-order valence-corrected chi connectivity index (χ4v) is 4.26. The van der Waals surface area contributed by atoms with Crippen molar-refractivity contribution in [3.8, 4) is 28.9 Å². The summed E-state index contributed by atoms with van der Waals surface area (Å²) in [6, 6.07) is 9.20. The molecule has 12 heteroatoms. The van der Waals surface area contributed by atoms with E-state index < -0.39 is 10.0 Å². The molecule has 2 heterocycles. The van der Waals surface area contributed by atoms with Crippen molar-refractivity contribution in [2.24, 2.45) is 0 Å². The molecule has 0 unspecified atom stereocenters. The highest BCUT2D eigenvalue weighted by molar-refractivity contribution is 7.93. The number of hydrogen-bond acceptors (Lipinski definition) is 10. The van der Waals surface area contributed by atoms with Crippen LogP contribution in [-0.2, 0) is 10.0 Å². The van der Waals surface area contributed by atoms with Crippen LogP contribution in [0.3, 0.4) is 0 Å². The van der Waals surface area contributed by atoms with Crippen LogP contribution in [0.1, 0.15) is 0 Å². The maximum atomic E-state index is 13.1. The molecule has 4 aromatic rings. The lowest BCUT2D eigenvalue weighted by Crippen LogP contribution is -2.15. The third-order valence-corrected chi connectivity index (χ3v) is 5.65. The summed E-state index contributed by atoms with van der Waals surface area (Å²) < 4.78 is 60.1. The van der Waals surface area contributed by atoms with Gasteiger partial charge in [-0.3, -0.25) is 4.72 Å². The number of anilines is 1. The summed E-state index contributed by atoms with van der Waals surface area (Å²) in [7, 11) is -0.0285. The van der Waals surface area contributed by atoms with Crippen molar-refractivity contribution in [1.82, 2.24) is 10.3 Å². The van der Waals surface area contributed by atoms with Crippen LogP contribution in [0, 0.1) is 0 Å². The van der Waals surface area contributed by atoms with Gasteiger partial charge in [-0.15, -0.1) is 0 Å². The number of fused-ring (bicyclic) bond motifs is 1. The predicted octanol–water partition coefficient (Wildman–Crippen LogP) is 3.43. The topological polar surface area (TPSA) is 135 Å². The van der Waals surface area contributed by atoms with Crippen molar-refractivity contribution < 1.29 is 36.4 Å². The van der Waals surface area contributed by atoms with Crippen LogP contribution in [0.2, 0.25) is 0 Å². The highest BCUT2D eigenvalue weighted by Gasteiger charge is 2.28. The van der Waals surface area contributed by atoms with Crippen molar-refractivity contribution in [1.29, 1.82) is 0 Å².